The summed E-state index contributed by atoms with van der Waals surface area (Å²) in [6, 6.07) is 11.4. The summed E-state index contributed by atoms with van der Waals surface area (Å²) in [5, 5.41) is 7.95. The number of hydrogen-bond donors (Lipinski definition) is 1. The number of carbonyl (C=O) groups excluding carboxylic acids is 2. The van der Waals surface area contributed by atoms with E-state index >= 15 is 0 Å². The third kappa shape index (κ3) is 3.54. The fraction of sp³-hybridized carbons (Fsp3) is 0.158. The Morgan fingerprint density at radius 3 is 2.44 bits per heavy atom. The number of amides is 2. The van der Waals surface area contributed by atoms with Crippen molar-refractivity contribution in [3.63, 3.8) is 0 Å². The number of nitrogens with one attached hydrogen (secondary N) is 1. The van der Waals surface area contributed by atoms with Crippen molar-refractivity contribution >= 4 is 39.9 Å². The molecule has 0 radical (unpaired) electrons. The summed E-state index contributed by atoms with van der Waals surface area (Å²) in [6.07, 6.45) is 0. The third-order valence-electron chi connectivity index (χ3n) is 4.03. The van der Waals surface area contributed by atoms with Gasteiger partial charge in [-0.1, -0.05) is 29.8 Å². The zero-order valence-electron chi connectivity index (χ0n) is 15.0. The van der Waals surface area contributed by atoms with Crippen LogP contribution in [0.3, 0.4) is 0 Å². The number of hydrogen-bond acceptors (Lipinski definition) is 4. The van der Waals surface area contributed by atoms with Gasteiger partial charge in [-0.05, 0) is 24.3 Å². The van der Waals surface area contributed by atoms with Gasteiger partial charge in [-0.3, -0.25) is 14.4 Å². The summed E-state index contributed by atoms with van der Waals surface area (Å²) in [6.45, 7) is 0. The predicted molar refractivity (Wildman–Crippen MR) is 104 cm³/mol. The highest BCUT2D eigenvalue weighted by atomic mass is 35.5. The van der Waals surface area contributed by atoms with E-state index in [-0.39, 0.29) is 27.7 Å². The summed E-state index contributed by atoms with van der Waals surface area (Å²) in [4.78, 5) is 38.6. The minimum Gasteiger partial charge on any atom is -0.345 e. The van der Waals surface area contributed by atoms with E-state index in [9.17, 15) is 14.4 Å². The van der Waals surface area contributed by atoms with Crippen LogP contribution in [0.5, 0.6) is 0 Å². The fourth-order valence-corrected chi connectivity index (χ4v) is 2.86. The Morgan fingerprint density at radius 1 is 1.11 bits per heavy atom. The molecule has 0 fully saturated rings. The molecule has 3 aromatic rings. The van der Waals surface area contributed by atoms with E-state index in [2.05, 4.69) is 10.4 Å². The van der Waals surface area contributed by atoms with Gasteiger partial charge in [-0.15, -0.1) is 0 Å². The maximum atomic E-state index is 12.8. The topological polar surface area (TPSA) is 84.3 Å². The molecule has 0 aliphatic rings. The first-order valence-electron chi connectivity index (χ1n) is 8.08. The molecule has 0 saturated heterocycles. The smallest absolute Gasteiger partial charge is 0.276 e. The average molecular weight is 385 g/mol. The van der Waals surface area contributed by atoms with Gasteiger partial charge in [0, 0.05) is 32.2 Å². The summed E-state index contributed by atoms with van der Waals surface area (Å²) in [7, 11) is 4.72. The normalized spacial score (nSPS) is 10.7. The van der Waals surface area contributed by atoms with Crippen molar-refractivity contribution in [2.75, 3.05) is 19.4 Å². The minimum absolute atomic E-state index is 0.114. The first kappa shape index (κ1) is 18.6. The number of aryl methyl sites for hydroxylation is 1. The van der Waals surface area contributed by atoms with Crippen molar-refractivity contribution in [2.24, 2.45) is 7.05 Å². The van der Waals surface area contributed by atoms with Crippen molar-refractivity contribution in [3.05, 3.63) is 69.1 Å². The number of anilines is 1. The van der Waals surface area contributed by atoms with Gasteiger partial charge in [0.25, 0.3) is 17.4 Å². The highest BCUT2D eigenvalue weighted by Crippen LogP contribution is 2.23. The van der Waals surface area contributed by atoms with Gasteiger partial charge in [0.15, 0.2) is 5.69 Å². The quantitative estimate of drug-likeness (QED) is 0.752. The van der Waals surface area contributed by atoms with Crippen LogP contribution in [0.25, 0.3) is 10.8 Å². The molecule has 3 rings (SSSR count). The van der Waals surface area contributed by atoms with Crippen LogP contribution in [0, 0.1) is 0 Å². The molecule has 2 aromatic carbocycles. The Morgan fingerprint density at radius 2 is 1.78 bits per heavy atom. The number of halogens is 1. The molecular weight excluding hydrogens is 368 g/mol. The maximum absolute atomic E-state index is 12.8. The molecule has 0 saturated carbocycles. The molecule has 27 heavy (non-hydrogen) atoms. The third-order valence-corrected chi connectivity index (χ3v) is 4.36. The van der Waals surface area contributed by atoms with E-state index in [1.807, 2.05) is 0 Å². The van der Waals surface area contributed by atoms with E-state index < -0.39 is 5.91 Å². The van der Waals surface area contributed by atoms with Crippen LogP contribution in [0.1, 0.15) is 20.8 Å². The van der Waals surface area contributed by atoms with Gasteiger partial charge in [-0.25, -0.2) is 4.68 Å². The Labute approximate surface area is 160 Å². The van der Waals surface area contributed by atoms with Crippen LogP contribution in [-0.4, -0.2) is 40.6 Å². The summed E-state index contributed by atoms with van der Waals surface area (Å²) in [5.74, 6) is -0.769. The molecule has 0 unspecified atom stereocenters. The van der Waals surface area contributed by atoms with E-state index in [0.29, 0.717) is 16.5 Å². The van der Waals surface area contributed by atoms with E-state index in [1.54, 1.807) is 50.5 Å². The van der Waals surface area contributed by atoms with Crippen molar-refractivity contribution in [1.82, 2.24) is 14.7 Å². The number of aromatic nitrogens is 2. The van der Waals surface area contributed by atoms with Crippen LogP contribution in [0.2, 0.25) is 5.02 Å². The van der Waals surface area contributed by atoms with Gasteiger partial charge in [0.2, 0.25) is 0 Å². The van der Waals surface area contributed by atoms with E-state index in [0.717, 1.165) is 4.68 Å². The molecule has 0 bridgehead atoms. The van der Waals surface area contributed by atoms with Crippen molar-refractivity contribution in [1.29, 1.82) is 0 Å². The van der Waals surface area contributed by atoms with E-state index in [1.165, 1.54) is 18.0 Å². The lowest BCUT2D eigenvalue weighted by molar-refractivity contribution is 0.0827. The standard InChI is InChI=1S/C19H17ClN4O3/c1-23(2)18(26)14-10-11(8-9-15(14)20)21-17(25)16-12-6-4-5-7-13(12)19(27)24(3)22-16/h4-10H,1-3H3,(H,21,25). The predicted octanol–water partition coefficient (Wildman–Crippen LogP) is 2.54. The van der Waals surface area contributed by atoms with Crippen molar-refractivity contribution < 1.29 is 9.59 Å². The maximum Gasteiger partial charge on any atom is 0.276 e. The average Bonchev–Trinajstić information content (AvgIpc) is 2.65. The number of rotatable bonds is 3. The number of benzene rings is 2. The summed E-state index contributed by atoms with van der Waals surface area (Å²) in [5.41, 5.74) is 0.503. The van der Waals surface area contributed by atoms with Crippen LogP contribution in [0.15, 0.2) is 47.3 Å². The van der Waals surface area contributed by atoms with Crippen LogP contribution in [0.4, 0.5) is 5.69 Å². The summed E-state index contributed by atoms with van der Waals surface area (Å²) >= 11 is 6.09. The SMILES string of the molecule is CN(C)C(=O)c1cc(NC(=O)c2nn(C)c(=O)c3ccccc23)ccc1Cl. The molecule has 1 aromatic heterocycles. The van der Waals surface area contributed by atoms with Gasteiger partial charge in [0.1, 0.15) is 0 Å². The van der Waals surface area contributed by atoms with Crippen molar-refractivity contribution in [2.45, 2.75) is 0 Å². The second-order valence-electron chi connectivity index (χ2n) is 6.17. The second-order valence-corrected chi connectivity index (χ2v) is 6.58. The molecular formula is C19H17ClN4O3. The van der Waals surface area contributed by atoms with Gasteiger partial charge in [-0.2, -0.15) is 5.10 Å². The number of nitrogens with zero attached hydrogens (tertiary/aromatic N) is 3. The second kappa shape index (κ2) is 7.20. The molecule has 1 N–H and O–H groups in total. The number of fused-ring (bicyclic) bond motifs is 1. The molecule has 1 heterocycles. The number of carbonyl (C=O) groups is 2. The zero-order valence-corrected chi connectivity index (χ0v) is 15.7. The zero-order chi connectivity index (χ0) is 19.7. The van der Waals surface area contributed by atoms with Gasteiger partial charge >= 0.3 is 0 Å². The van der Waals surface area contributed by atoms with Crippen LogP contribution in [-0.2, 0) is 7.05 Å². The van der Waals surface area contributed by atoms with E-state index in [4.69, 9.17) is 11.6 Å². The Bertz CT molecular complexity index is 1120. The highest BCUT2D eigenvalue weighted by molar-refractivity contribution is 6.34. The lowest BCUT2D eigenvalue weighted by Crippen LogP contribution is -2.25. The van der Waals surface area contributed by atoms with Gasteiger partial charge in [0.05, 0.1) is 16.0 Å². The van der Waals surface area contributed by atoms with Crippen LogP contribution >= 0.6 is 11.6 Å². The molecule has 138 valence electrons. The lowest BCUT2D eigenvalue weighted by atomic mass is 10.1. The molecule has 2 amide bonds. The highest BCUT2D eigenvalue weighted by Gasteiger charge is 2.18. The lowest BCUT2D eigenvalue weighted by Gasteiger charge is -2.13. The molecule has 0 aliphatic carbocycles. The van der Waals surface area contributed by atoms with Crippen molar-refractivity contribution in [3.8, 4) is 0 Å². The Kier molecular flexibility index (Phi) is 4.96. The molecule has 0 aliphatic heterocycles. The summed E-state index contributed by atoms with van der Waals surface area (Å²) < 4.78 is 1.13. The Hall–Kier alpha value is -3.19. The molecule has 0 atom stereocenters. The molecule has 0 spiro atoms. The Balaban J connectivity index is 2.01. The van der Waals surface area contributed by atoms with Gasteiger partial charge < -0.3 is 10.2 Å². The monoisotopic (exact) mass is 384 g/mol. The largest absolute Gasteiger partial charge is 0.345 e. The van der Waals surface area contributed by atoms with Crippen LogP contribution < -0.4 is 10.9 Å². The molecule has 8 heteroatoms. The molecule has 7 nitrogen and oxygen atoms in total. The minimum atomic E-state index is -0.493. The fourth-order valence-electron chi connectivity index (χ4n) is 2.67. The first-order chi connectivity index (χ1) is 12.8. The first-order valence-corrected chi connectivity index (χ1v) is 8.46.